The maximum absolute atomic E-state index is 12.8. The third-order valence-corrected chi connectivity index (χ3v) is 8.50. The van der Waals surface area contributed by atoms with Gasteiger partial charge in [0.2, 0.25) is 0 Å². The molecule has 1 amide bonds. The van der Waals surface area contributed by atoms with Crippen molar-refractivity contribution >= 4 is 48.6 Å². The first-order valence-corrected chi connectivity index (χ1v) is 11.4. The molecule has 0 bridgehead atoms. The summed E-state index contributed by atoms with van der Waals surface area (Å²) in [6.45, 7) is 0.686. The summed E-state index contributed by atoms with van der Waals surface area (Å²) in [5.41, 5.74) is 3.21. The van der Waals surface area contributed by atoms with Crippen molar-refractivity contribution in [1.29, 1.82) is 0 Å². The number of hydrogen-bond donors (Lipinski definition) is 0. The molecule has 8 heteroatoms. The van der Waals surface area contributed by atoms with E-state index in [1.807, 2.05) is 29.6 Å². The first-order valence-electron chi connectivity index (χ1n) is 7.92. The van der Waals surface area contributed by atoms with E-state index in [1.54, 1.807) is 16.5 Å². The number of hydrogen-bond acceptors (Lipinski definition) is 6. The minimum Gasteiger partial charge on any atom is -0.338 e. The molecular weight excluding hydrogens is 376 g/mol. The van der Waals surface area contributed by atoms with Crippen molar-refractivity contribution in [2.24, 2.45) is 0 Å². The van der Waals surface area contributed by atoms with E-state index < -0.39 is 15.1 Å². The van der Waals surface area contributed by atoms with E-state index in [9.17, 15) is 13.2 Å². The molecule has 0 N–H and O–H groups in total. The van der Waals surface area contributed by atoms with Gasteiger partial charge in [-0.25, -0.2) is 13.4 Å². The number of amides is 1. The highest BCUT2D eigenvalue weighted by Gasteiger charge is 2.33. The quantitative estimate of drug-likeness (QED) is 0.671. The standard InChI is InChI=1S/C17H16N2O3S3/c20-17(12-3-4-13-15(10-12)24-11-18-13)19-6-5-16(14-2-1-8-23-14)25(21,22)9-7-19/h1-4,8,10-11,16H,5-7,9H2. The summed E-state index contributed by atoms with van der Waals surface area (Å²) in [7, 11) is -3.25. The molecule has 5 nitrogen and oxygen atoms in total. The molecule has 130 valence electrons. The molecule has 3 aromatic rings. The van der Waals surface area contributed by atoms with Crippen LogP contribution in [0.1, 0.15) is 26.9 Å². The Kier molecular flexibility index (Phi) is 4.35. The van der Waals surface area contributed by atoms with Crippen LogP contribution in [0.4, 0.5) is 0 Å². The minimum absolute atomic E-state index is 0.00408. The van der Waals surface area contributed by atoms with Gasteiger partial charge in [-0.2, -0.15) is 0 Å². The number of thiazole rings is 1. The van der Waals surface area contributed by atoms with Gasteiger partial charge in [0.05, 0.1) is 26.7 Å². The van der Waals surface area contributed by atoms with Crippen LogP contribution in [-0.4, -0.2) is 43.1 Å². The van der Waals surface area contributed by atoms with Crippen molar-refractivity contribution in [2.75, 3.05) is 18.8 Å². The number of carbonyl (C=O) groups is 1. The van der Waals surface area contributed by atoms with Gasteiger partial charge >= 0.3 is 0 Å². The maximum Gasteiger partial charge on any atom is 0.253 e. The lowest BCUT2D eigenvalue weighted by Crippen LogP contribution is -2.33. The first kappa shape index (κ1) is 16.7. The van der Waals surface area contributed by atoms with Gasteiger partial charge in [0, 0.05) is 23.5 Å². The molecule has 0 aliphatic carbocycles. The molecule has 1 aromatic carbocycles. The fourth-order valence-corrected chi connectivity index (χ4v) is 6.83. The summed E-state index contributed by atoms with van der Waals surface area (Å²) in [5.74, 6) is -0.110. The lowest BCUT2D eigenvalue weighted by atomic mass is 10.1. The zero-order valence-corrected chi connectivity index (χ0v) is 15.7. The molecule has 4 rings (SSSR count). The number of nitrogens with zero attached hydrogens (tertiary/aromatic N) is 2. The zero-order valence-electron chi connectivity index (χ0n) is 13.3. The monoisotopic (exact) mass is 392 g/mol. The number of thiophene rings is 1. The topological polar surface area (TPSA) is 67.3 Å². The Labute approximate surface area is 153 Å². The highest BCUT2D eigenvalue weighted by Crippen LogP contribution is 2.32. The van der Waals surface area contributed by atoms with Crippen LogP contribution in [0.15, 0.2) is 41.2 Å². The number of benzene rings is 1. The van der Waals surface area contributed by atoms with Crippen LogP contribution in [0.2, 0.25) is 0 Å². The number of fused-ring (bicyclic) bond motifs is 1. The number of sulfone groups is 1. The molecular formula is C17H16N2O3S3. The van der Waals surface area contributed by atoms with Crippen LogP contribution in [0.25, 0.3) is 10.2 Å². The fraction of sp³-hybridized carbons (Fsp3) is 0.294. The summed E-state index contributed by atoms with van der Waals surface area (Å²) in [6, 6.07) is 9.17. The van der Waals surface area contributed by atoms with Crippen LogP contribution in [0, 0.1) is 0 Å². The zero-order chi connectivity index (χ0) is 17.4. The van der Waals surface area contributed by atoms with E-state index in [1.165, 1.54) is 22.7 Å². The van der Waals surface area contributed by atoms with E-state index in [0.717, 1.165) is 15.1 Å². The highest BCUT2D eigenvalue weighted by molar-refractivity contribution is 7.91. The molecule has 1 aliphatic rings. The maximum atomic E-state index is 12.8. The average Bonchev–Trinajstić information content (AvgIpc) is 3.25. The molecule has 1 saturated heterocycles. The van der Waals surface area contributed by atoms with Crippen molar-refractivity contribution in [3.8, 4) is 0 Å². The first-order chi connectivity index (χ1) is 12.0. The molecule has 1 aliphatic heterocycles. The number of rotatable bonds is 2. The summed E-state index contributed by atoms with van der Waals surface area (Å²) in [6.07, 6.45) is 0.442. The summed E-state index contributed by atoms with van der Waals surface area (Å²) >= 11 is 2.95. The van der Waals surface area contributed by atoms with Crippen LogP contribution >= 0.6 is 22.7 Å². The Bertz CT molecular complexity index is 1010. The molecule has 0 saturated carbocycles. The fourth-order valence-electron chi connectivity index (χ4n) is 3.11. The number of carbonyl (C=O) groups excluding carboxylic acids is 1. The minimum atomic E-state index is -3.25. The molecule has 2 aromatic heterocycles. The normalized spacial score (nSPS) is 20.5. The second-order valence-electron chi connectivity index (χ2n) is 5.99. The number of aromatic nitrogens is 1. The van der Waals surface area contributed by atoms with E-state index in [2.05, 4.69) is 4.98 Å². The van der Waals surface area contributed by atoms with Gasteiger partial charge in [-0.3, -0.25) is 4.79 Å². The lowest BCUT2D eigenvalue weighted by molar-refractivity contribution is 0.0767. The largest absolute Gasteiger partial charge is 0.338 e. The molecule has 25 heavy (non-hydrogen) atoms. The van der Waals surface area contributed by atoms with E-state index in [4.69, 9.17) is 0 Å². The Balaban J connectivity index is 1.58. The van der Waals surface area contributed by atoms with Gasteiger partial charge in [0.25, 0.3) is 5.91 Å². The summed E-state index contributed by atoms with van der Waals surface area (Å²) in [4.78, 5) is 19.6. The molecule has 0 spiro atoms. The van der Waals surface area contributed by atoms with Gasteiger partial charge in [-0.1, -0.05) is 6.07 Å². The van der Waals surface area contributed by atoms with Gasteiger partial charge in [-0.05, 0) is 36.1 Å². The second kappa shape index (κ2) is 6.51. The molecule has 3 heterocycles. The Morgan fingerprint density at radius 1 is 1.20 bits per heavy atom. The van der Waals surface area contributed by atoms with Crippen molar-refractivity contribution in [1.82, 2.24) is 9.88 Å². The van der Waals surface area contributed by atoms with Crippen LogP contribution in [0.3, 0.4) is 0 Å². The van der Waals surface area contributed by atoms with Crippen molar-refractivity contribution in [3.63, 3.8) is 0 Å². The van der Waals surface area contributed by atoms with Crippen LogP contribution in [0.5, 0.6) is 0 Å². The molecule has 0 radical (unpaired) electrons. The molecule has 1 unspecified atom stereocenters. The van der Waals surface area contributed by atoms with E-state index in [-0.39, 0.29) is 18.2 Å². The van der Waals surface area contributed by atoms with Gasteiger partial charge in [-0.15, -0.1) is 22.7 Å². The van der Waals surface area contributed by atoms with Crippen molar-refractivity contribution in [3.05, 3.63) is 51.7 Å². The second-order valence-corrected chi connectivity index (χ2v) is 10.2. The predicted octanol–water partition coefficient (Wildman–Crippen LogP) is 3.36. The van der Waals surface area contributed by atoms with E-state index >= 15 is 0 Å². The summed E-state index contributed by atoms with van der Waals surface area (Å²) in [5, 5.41) is 1.39. The van der Waals surface area contributed by atoms with Crippen molar-refractivity contribution in [2.45, 2.75) is 11.7 Å². The average molecular weight is 393 g/mol. The SMILES string of the molecule is O=C(c1ccc2ncsc2c1)N1CCC(c2cccs2)S(=O)(=O)CC1. The molecule has 1 fully saturated rings. The van der Waals surface area contributed by atoms with E-state index in [0.29, 0.717) is 18.5 Å². The predicted molar refractivity (Wildman–Crippen MR) is 101 cm³/mol. The van der Waals surface area contributed by atoms with Crippen LogP contribution in [-0.2, 0) is 9.84 Å². The Morgan fingerprint density at radius 3 is 2.88 bits per heavy atom. The Hall–Kier alpha value is -1.77. The third-order valence-electron chi connectivity index (χ3n) is 4.47. The molecule has 1 atom stereocenters. The van der Waals surface area contributed by atoms with Crippen LogP contribution < -0.4 is 0 Å². The Morgan fingerprint density at radius 2 is 2.08 bits per heavy atom. The van der Waals surface area contributed by atoms with Gasteiger partial charge in [0.15, 0.2) is 9.84 Å². The van der Waals surface area contributed by atoms with Crippen molar-refractivity contribution < 1.29 is 13.2 Å². The summed E-state index contributed by atoms with van der Waals surface area (Å²) < 4.78 is 26.2. The third kappa shape index (κ3) is 3.21. The lowest BCUT2D eigenvalue weighted by Gasteiger charge is -2.20. The highest BCUT2D eigenvalue weighted by atomic mass is 32.2. The smallest absolute Gasteiger partial charge is 0.253 e. The van der Waals surface area contributed by atoms with Gasteiger partial charge < -0.3 is 4.90 Å². The van der Waals surface area contributed by atoms with Gasteiger partial charge in [0.1, 0.15) is 0 Å².